The Morgan fingerprint density at radius 3 is 2.78 bits per heavy atom. The predicted octanol–water partition coefficient (Wildman–Crippen LogP) is 2.71. The highest BCUT2D eigenvalue weighted by molar-refractivity contribution is 6.00. The molecule has 3 heterocycles. The second-order valence-electron chi connectivity index (χ2n) is 7.44. The number of fused-ring (bicyclic) bond motifs is 1. The number of hydrogen-bond donors (Lipinski definition) is 1. The molecule has 27 heavy (non-hydrogen) atoms. The molecule has 1 aromatic heterocycles. The van der Waals surface area contributed by atoms with Gasteiger partial charge >= 0.3 is 0 Å². The number of pyridine rings is 1. The van der Waals surface area contributed by atoms with Gasteiger partial charge in [0.2, 0.25) is 5.56 Å². The van der Waals surface area contributed by atoms with Crippen molar-refractivity contribution in [3.63, 3.8) is 0 Å². The minimum Gasteiger partial charge on any atom is -0.486 e. The number of para-hydroxylation sites is 1. The lowest BCUT2D eigenvalue weighted by Crippen LogP contribution is -2.43. The van der Waals surface area contributed by atoms with Crippen LogP contribution >= 0.6 is 0 Å². The van der Waals surface area contributed by atoms with Gasteiger partial charge in [-0.25, -0.2) is 0 Å². The van der Waals surface area contributed by atoms with Crippen LogP contribution in [0.3, 0.4) is 0 Å². The van der Waals surface area contributed by atoms with E-state index in [0.717, 1.165) is 12.8 Å². The topological polar surface area (TPSA) is 79.5 Å². The Labute approximate surface area is 157 Å². The van der Waals surface area contributed by atoms with Crippen LogP contribution < -0.4 is 10.3 Å². The predicted molar refractivity (Wildman–Crippen MR) is 100 cm³/mol. The number of nitrogens with one attached hydrogen (secondary N) is 1. The number of aromatic amines is 1. The van der Waals surface area contributed by atoms with Crippen molar-refractivity contribution in [2.45, 2.75) is 38.2 Å². The number of benzene rings is 1. The van der Waals surface area contributed by atoms with Gasteiger partial charge < -0.3 is 14.6 Å². The first-order valence-corrected chi connectivity index (χ1v) is 9.27. The maximum Gasteiger partial charge on any atom is 0.254 e. The highest BCUT2D eigenvalue weighted by atomic mass is 16.5. The summed E-state index contributed by atoms with van der Waals surface area (Å²) in [5.41, 5.74) is 0.875. The number of ether oxygens (including phenoxy) is 1. The van der Waals surface area contributed by atoms with E-state index in [1.807, 2.05) is 18.2 Å². The van der Waals surface area contributed by atoms with Gasteiger partial charge in [-0.05, 0) is 38.0 Å². The monoisotopic (exact) mass is 366 g/mol. The van der Waals surface area contributed by atoms with Crippen molar-refractivity contribution in [1.29, 1.82) is 0 Å². The number of carbonyl (C=O) groups excluding carboxylic acids is 2. The van der Waals surface area contributed by atoms with Gasteiger partial charge in [0.05, 0.1) is 12.0 Å². The van der Waals surface area contributed by atoms with E-state index < -0.39 is 5.60 Å². The van der Waals surface area contributed by atoms with Gasteiger partial charge in [0, 0.05) is 36.8 Å². The summed E-state index contributed by atoms with van der Waals surface area (Å²) in [4.78, 5) is 41.5. The number of likely N-dealkylation sites (tertiary alicyclic amines) is 1. The molecule has 1 aromatic carbocycles. The zero-order valence-corrected chi connectivity index (χ0v) is 15.3. The summed E-state index contributed by atoms with van der Waals surface area (Å²) in [6.07, 6.45) is 2.42. The first-order valence-electron chi connectivity index (χ1n) is 9.27. The Balaban J connectivity index is 1.54. The van der Waals surface area contributed by atoms with E-state index in [0.29, 0.717) is 48.5 Å². The first-order chi connectivity index (χ1) is 13.0. The molecule has 2 aliphatic rings. The lowest BCUT2D eigenvalue weighted by Gasteiger charge is -2.37. The molecule has 0 bridgehead atoms. The summed E-state index contributed by atoms with van der Waals surface area (Å²) in [5.74, 6) is 0.587. The number of H-pyrrole nitrogens is 1. The van der Waals surface area contributed by atoms with E-state index in [4.69, 9.17) is 4.74 Å². The quantitative estimate of drug-likeness (QED) is 0.842. The molecule has 2 aromatic rings. The molecule has 1 amide bonds. The summed E-state index contributed by atoms with van der Waals surface area (Å²) in [7, 11) is 0. The minimum atomic E-state index is -0.551. The molecule has 1 N–H and O–H groups in total. The smallest absolute Gasteiger partial charge is 0.254 e. The van der Waals surface area contributed by atoms with Crippen molar-refractivity contribution in [2.24, 2.45) is 0 Å². The van der Waals surface area contributed by atoms with Gasteiger partial charge in [-0.15, -0.1) is 0 Å². The lowest BCUT2D eigenvalue weighted by molar-refractivity contribution is 0.0300. The average molecular weight is 366 g/mol. The third kappa shape index (κ3) is 3.39. The van der Waals surface area contributed by atoms with E-state index in [-0.39, 0.29) is 17.2 Å². The molecular weight excluding hydrogens is 344 g/mol. The number of ketones is 1. The third-order valence-electron chi connectivity index (χ3n) is 5.41. The van der Waals surface area contributed by atoms with Crippen LogP contribution in [0.25, 0.3) is 0 Å². The molecule has 1 saturated heterocycles. The summed E-state index contributed by atoms with van der Waals surface area (Å²) in [6.45, 7) is 2.85. The van der Waals surface area contributed by atoms with Gasteiger partial charge in [0.15, 0.2) is 5.78 Å². The molecule has 1 unspecified atom stereocenters. The van der Waals surface area contributed by atoms with Gasteiger partial charge in [-0.2, -0.15) is 0 Å². The number of amides is 1. The third-order valence-corrected chi connectivity index (χ3v) is 5.41. The molecule has 4 rings (SSSR count). The fraction of sp³-hybridized carbons (Fsp3) is 0.381. The van der Waals surface area contributed by atoms with Crippen LogP contribution in [0.5, 0.6) is 5.75 Å². The number of rotatable bonds is 1. The Hall–Kier alpha value is -2.89. The van der Waals surface area contributed by atoms with Gasteiger partial charge in [0.25, 0.3) is 5.91 Å². The number of aryl methyl sites for hydroxylation is 1. The second kappa shape index (κ2) is 6.68. The maximum absolute atomic E-state index is 12.9. The minimum absolute atomic E-state index is 0.0989. The number of hydrogen-bond acceptors (Lipinski definition) is 4. The number of aromatic nitrogens is 1. The molecule has 0 aliphatic carbocycles. The zero-order valence-electron chi connectivity index (χ0n) is 15.3. The van der Waals surface area contributed by atoms with Crippen molar-refractivity contribution in [1.82, 2.24) is 9.88 Å². The van der Waals surface area contributed by atoms with E-state index in [9.17, 15) is 14.4 Å². The molecule has 140 valence electrons. The average Bonchev–Trinajstić information content (AvgIpc) is 2.83. The summed E-state index contributed by atoms with van der Waals surface area (Å²) >= 11 is 0. The zero-order chi connectivity index (χ0) is 19.0. The maximum atomic E-state index is 12.9. The highest BCUT2D eigenvalue weighted by Crippen LogP contribution is 2.39. The van der Waals surface area contributed by atoms with Crippen molar-refractivity contribution in [3.05, 3.63) is 63.6 Å². The lowest BCUT2D eigenvalue weighted by atomic mass is 9.84. The molecular formula is C21H22N2O4. The van der Waals surface area contributed by atoms with E-state index in [1.165, 1.54) is 6.07 Å². The van der Waals surface area contributed by atoms with Gasteiger partial charge in [-0.1, -0.05) is 12.1 Å². The van der Waals surface area contributed by atoms with Crippen LogP contribution in [0.1, 0.15) is 52.1 Å². The normalized spacial score (nSPS) is 22.1. The number of nitrogens with zero attached hydrogens (tertiary/aromatic N) is 1. The van der Waals surface area contributed by atoms with Crippen LogP contribution in [0, 0.1) is 6.92 Å². The summed E-state index contributed by atoms with van der Waals surface area (Å²) in [5, 5.41) is 0. The fourth-order valence-electron chi connectivity index (χ4n) is 4.08. The molecule has 1 spiro atoms. The molecule has 0 saturated carbocycles. The second-order valence-corrected chi connectivity index (χ2v) is 7.44. The van der Waals surface area contributed by atoms with Crippen LogP contribution in [0.4, 0.5) is 0 Å². The Kier molecular flexibility index (Phi) is 4.34. The van der Waals surface area contributed by atoms with E-state index in [2.05, 4.69) is 4.98 Å². The first kappa shape index (κ1) is 17.5. The largest absolute Gasteiger partial charge is 0.486 e. The summed E-state index contributed by atoms with van der Waals surface area (Å²) in [6, 6.07) is 10.4. The van der Waals surface area contributed by atoms with Crippen molar-refractivity contribution in [2.75, 3.05) is 13.1 Å². The van der Waals surface area contributed by atoms with Gasteiger partial charge in [-0.3, -0.25) is 14.4 Å². The van der Waals surface area contributed by atoms with Crippen LogP contribution in [-0.2, 0) is 0 Å². The molecule has 6 heteroatoms. The van der Waals surface area contributed by atoms with Crippen molar-refractivity contribution >= 4 is 11.7 Å². The Morgan fingerprint density at radius 2 is 1.96 bits per heavy atom. The van der Waals surface area contributed by atoms with E-state index >= 15 is 0 Å². The molecule has 2 aliphatic heterocycles. The van der Waals surface area contributed by atoms with E-state index in [1.54, 1.807) is 24.0 Å². The van der Waals surface area contributed by atoms with Crippen LogP contribution in [0.15, 0.2) is 41.2 Å². The standard InChI is InChI=1S/C21H22N2O4/c1-14-11-15(12-19(25)22-14)20(26)23-9-4-7-21(8-10-23)13-17(24)16-5-2-3-6-18(16)27-21/h2-3,5-6,11-12H,4,7-10,13H2,1H3,(H,22,25). The molecule has 0 radical (unpaired) electrons. The molecule has 1 fully saturated rings. The Bertz CT molecular complexity index is 965. The van der Waals surface area contributed by atoms with Crippen molar-refractivity contribution < 1.29 is 14.3 Å². The summed E-state index contributed by atoms with van der Waals surface area (Å²) < 4.78 is 6.27. The molecule has 1 atom stereocenters. The van der Waals surface area contributed by atoms with Crippen LogP contribution in [-0.4, -0.2) is 40.3 Å². The van der Waals surface area contributed by atoms with Gasteiger partial charge in [0.1, 0.15) is 11.4 Å². The van der Waals surface area contributed by atoms with Crippen LogP contribution in [0.2, 0.25) is 0 Å². The fourth-order valence-corrected chi connectivity index (χ4v) is 4.08. The Morgan fingerprint density at radius 1 is 1.15 bits per heavy atom. The van der Waals surface area contributed by atoms with Crippen molar-refractivity contribution in [3.8, 4) is 5.75 Å². The highest BCUT2D eigenvalue weighted by Gasteiger charge is 2.42. The molecule has 6 nitrogen and oxygen atoms in total. The number of Topliss-reactive ketones (excluding diaryl/α,β-unsaturated/α-hetero) is 1. The number of carbonyl (C=O) groups is 2. The SMILES string of the molecule is Cc1cc(C(=O)N2CCCC3(CC2)CC(=O)c2ccccc2O3)cc(=O)[nH]1.